The second kappa shape index (κ2) is 7.55. The van der Waals surface area contributed by atoms with E-state index in [2.05, 4.69) is 6.58 Å². The molecule has 0 bridgehead atoms. The monoisotopic (exact) mass is 280 g/mol. The first kappa shape index (κ1) is 15.2. The molecule has 0 fully saturated rings. The van der Waals surface area contributed by atoms with Gasteiger partial charge < -0.3 is 5.11 Å². The Morgan fingerprint density at radius 2 is 1.62 bits per heavy atom. The van der Waals surface area contributed by atoms with E-state index in [0.29, 0.717) is 12.0 Å². The molecule has 2 nitrogen and oxygen atoms in total. The highest BCUT2D eigenvalue weighted by atomic mass is 16.3. The third-order valence-corrected chi connectivity index (χ3v) is 3.64. The van der Waals surface area contributed by atoms with E-state index in [9.17, 15) is 9.90 Å². The van der Waals surface area contributed by atoms with Crippen LogP contribution < -0.4 is 0 Å². The average Bonchev–Trinajstić information content (AvgIpc) is 2.56. The SMILES string of the molecule is C=C[C@H](CCc1ccccc1)[C@H](O)C(=O)c1ccccc1. The lowest BCUT2D eigenvalue weighted by Crippen LogP contribution is -2.28. The van der Waals surface area contributed by atoms with Crippen molar-refractivity contribution >= 4 is 5.78 Å². The minimum Gasteiger partial charge on any atom is -0.384 e. The Balaban J connectivity index is 2.00. The average molecular weight is 280 g/mol. The van der Waals surface area contributed by atoms with Crippen LogP contribution in [0.2, 0.25) is 0 Å². The Bertz CT molecular complexity index is 575. The molecule has 0 aliphatic heterocycles. The molecule has 2 aromatic carbocycles. The van der Waals surface area contributed by atoms with E-state index in [1.165, 1.54) is 5.56 Å². The molecule has 0 aliphatic rings. The van der Waals surface area contributed by atoms with Crippen molar-refractivity contribution in [3.05, 3.63) is 84.4 Å². The number of carbonyl (C=O) groups excluding carboxylic acids is 1. The Labute approximate surface area is 125 Å². The maximum Gasteiger partial charge on any atom is 0.191 e. The van der Waals surface area contributed by atoms with Crippen molar-refractivity contribution in [2.45, 2.75) is 18.9 Å². The van der Waals surface area contributed by atoms with E-state index in [1.54, 1.807) is 30.3 Å². The van der Waals surface area contributed by atoms with Crippen LogP contribution in [0.3, 0.4) is 0 Å². The molecule has 0 radical (unpaired) electrons. The normalized spacial score (nSPS) is 13.4. The van der Waals surface area contributed by atoms with Crippen LogP contribution in [0, 0.1) is 5.92 Å². The van der Waals surface area contributed by atoms with Crippen molar-refractivity contribution in [1.29, 1.82) is 0 Å². The van der Waals surface area contributed by atoms with E-state index < -0.39 is 6.10 Å². The predicted molar refractivity (Wildman–Crippen MR) is 85.2 cm³/mol. The van der Waals surface area contributed by atoms with Gasteiger partial charge in [0.1, 0.15) is 6.10 Å². The number of carbonyl (C=O) groups is 1. The molecule has 2 aromatic rings. The van der Waals surface area contributed by atoms with Gasteiger partial charge in [-0.1, -0.05) is 66.7 Å². The topological polar surface area (TPSA) is 37.3 Å². The lowest BCUT2D eigenvalue weighted by atomic mass is 9.90. The third-order valence-electron chi connectivity index (χ3n) is 3.64. The lowest BCUT2D eigenvalue weighted by molar-refractivity contribution is 0.0649. The van der Waals surface area contributed by atoms with Gasteiger partial charge in [0, 0.05) is 11.5 Å². The largest absolute Gasteiger partial charge is 0.384 e. The van der Waals surface area contributed by atoms with E-state index >= 15 is 0 Å². The maximum atomic E-state index is 12.3. The number of benzene rings is 2. The molecule has 2 atom stereocenters. The van der Waals surface area contributed by atoms with Gasteiger partial charge in [-0.25, -0.2) is 0 Å². The van der Waals surface area contributed by atoms with Gasteiger partial charge in [-0.05, 0) is 18.4 Å². The van der Waals surface area contributed by atoms with E-state index in [1.807, 2.05) is 36.4 Å². The zero-order valence-corrected chi connectivity index (χ0v) is 12.0. The zero-order valence-electron chi connectivity index (χ0n) is 12.0. The van der Waals surface area contributed by atoms with Crippen LogP contribution in [0.1, 0.15) is 22.3 Å². The number of ketones is 1. The molecule has 0 saturated heterocycles. The highest BCUT2D eigenvalue weighted by Gasteiger charge is 2.24. The summed E-state index contributed by atoms with van der Waals surface area (Å²) in [6, 6.07) is 18.9. The second-order valence-electron chi connectivity index (χ2n) is 5.10. The van der Waals surface area contributed by atoms with Crippen LogP contribution in [-0.4, -0.2) is 17.0 Å². The molecule has 0 saturated carbocycles. The molecule has 108 valence electrons. The smallest absolute Gasteiger partial charge is 0.191 e. The first-order valence-electron chi connectivity index (χ1n) is 7.16. The summed E-state index contributed by atoms with van der Waals surface area (Å²) in [6.45, 7) is 3.76. The highest BCUT2D eigenvalue weighted by molar-refractivity contribution is 5.99. The standard InChI is InChI=1S/C19H20O2/c1-2-16(14-13-15-9-5-3-6-10-15)18(20)19(21)17-11-7-4-8-12-17/h2-12,16,18,20H,1,13-14H2/t16-,18+/m1/s1. The molecule has 2 heteroatoms. The van der Waals surface area contributed by atoms with Crippen molar-refractivity contribution in [3.8, 4) is 0 Å². The lowest BCUT2D eigenvalue weighted by Gasteiger charge is -2.18. The number of Topliss-reactive ketones (excluding diaryl/α,β-unsaturated/α-hetero) is 1. The molecule has 21 heavy (non-hydrogen) atoms. The Morgan fingerprint density at radius 1 is 1.05 bits per heavy atom. The van der Waals surface area contributed by atoms with Gasteiger partial charge in [-0.2, -0.15) is 0 Å². The van der Waals surface area contributed by atoms with Crippen LogP contribution in [0.15, 0.2) is 73.3 Å². The summed E-state index contributed by atoms with van der Waals surface area (Å²) in [5.41, 5.74) is 1.74. The summed E-state index contributed by atoms with van der Waals surface area (Å²) in [4.78, 5) is 12.3. The van der Waals surface area contributed by atoms with Crippen molar-refractivity contribution in [2.24, 2.45) is 5.92 Å². The summed E-state index contributed by atoms with van der Waals surface area (Å²) in [7, 11) is 0. The predicted octanol–water partition coefficient (Wildman–Crippen LogP) is 3.67. The van der Waals surface area contributed by atoms with Crippen LogP contribution in [-0.2, 0) is 6.42 Å². The van der Waals surface area contributed by atoms with Crippen LogP contribution in [0.25, 0.3) is 0 Å². The summed E-state index contributed by atoms with van der Waals surface area (Å²) in [6.07, 6.45) is 2.16. The Kier molecular flexibility index (Phi) is 5.47. The van der Waals surface area contributed by atoms with Gasteiger partial charge >= 0.3 is 0 Å². The minimum absolute atomic E-state index is 0.238. The van der Waals surface area contributed by atoms with Crippen LogP contribution in [0.5, 0.6) is 0 Å². The summed E-state index contributed by atoms with van der Waals surface area (Å²) in [5.74, 6) is -0.480. The molecule has 0 spiro atoms. The molecule has 0 unspecified atom stereocenters. The number of aryl methyl sites for hydroxylation is 1. The summed E-state index contributed by atoms with van der Waals surface area (Å²) in [5, 5.41) is 10.3. The van der Waals surface area contributed by atoms with Gasteiger partial charge in [0.05, 0.1) is 0 Å². The molecule has 0 aromatic heterocycles. The quantitative estimate of drug-likeness (QED) is 0.620. The first-order valence-corrected chi connectivity index (χ1v) is 7.16. The molecule has 2 rings (SSSR count). The number of hydrogen-bond donors (Lipinski definition) is 1. The van der Waals surface area contributed by atoms with E-state index in [-0.39, 0.29) is 11.7 Å². The summed E-state index contributed by atoms with van der Waals surface area (Å²) < 4.78 is 0. The number of aliphatic hydroxyl groups excluding tert-OH is 1. The van der Waals surface area contributed by atoms with Gasteiger partial charge in [-0.15, -0.1) is 6.58 Å². The van der Waals surface area contributed by atoms with Crippen LogP contribution in [0.4, 0.5) is 0 Å². The Morgan fingerprint density at radius 3 is 2.19 bits per heavy atom. The zero-order chi connectivity index (χ0) is 15.1. The molecule has 0 heterocycles. The number of aliphatic hydroxyl groups is 1. The Hall–Kier alpha value is -2.19. The number of hydrogen-bond acceptors (Lipinski definition) is 2. The van der Waals surface area contributed by atoms with Gasteiger partial charge in [-0.3, -0.25) is 4.79 Å². The number of rotatable bonds is 7. The van der Waals surface area contributed by atoms with Crippen molar-refractivity contribution < 1.29 is 9.90 Å². The minimum atomic E-state index is -1.03. The molecular formula is C19H20O2. The van der Waals surface area contributed by atoms with Gasteiger partial charge in [0.15, 0.2) is 5.78 Å². The fraction of sp³-hybridized carbons (Fsp3) is 0.211. The van der Waals surface area contributed by atoms with Gasteiger partial charge in [0.2, 0.25) is 0 Å². The fourth-order valence-corrected chi connectivity index (χ4v) is 2.35. The van der Waals surface area contributed by atoms with E-state index in [4.69, 9.17) is 0 Å². The molecule has 0 amide bonds. The maximum absolute atomic E-state index is 12.3. The second-order valence-corrected chi connectivity index (χ2v) is 5.10. The van der Waals surface area contributed by atoms with Crippen molar-refractivity contribution in [1.82, 2.24) is 0 Å². The molecule has 1 N–H and O–H groups in total. The van der Waals surface area contributed by atoms with Crippen molar-refractivity contribution in [3.63, 3.8) is 0 Å². The molecular weight excluding hydrogens is 260 g/mol. The first-order chi connectivity index (χ1) is 10.2. The highest BCUT2D eigenvalue weighted by Crippen LogP contribution is 2.18. The molecule has 0 aliphatic carbocycles. The van der Waals surface area contributed by atoms with E-state index in [0.717, 1.165) is 6.42 Å². The summed E-state index contributed by atoms with van der Waals surface area (Å²) >= 11 is 0. The fourth-order valence-electron chi connectivity index (χ4n) is 2.35. The third kappa shape index (κ3) is 4.14. The van der Waals surface area contributed by atoms with Gasteiger partial charge in [0.25, 0.3) is 0 Å². The van der Waals surface area contributed by atoms with Crippen LogP contribution >= 0.6 is 0 Å². The van der Waals surface area contributed by atoms with Crippen molar-refractivity contribution in [2.75, 3.05) is 0 Å².